The fourth-order valence-corrected chi connectivity index (χ4v) is 3.17. The van der Waals surface area contributed by atoms with Crippen LogP contribution in [-0.2, 0) is 6.54 Å². The van der Waals surface area contributed by atoms with Gasteiger partial charge in [-0.1, -0.05) is 0 Å². The summed E-state index contributed by atoms with van der Waals surface area (Å²) in [6.45, 7) is 6.04. The van der Waals surface area contributed by atoms with Crippen LogP contribution in [0.15, 0.2) is 24.4 Å². The minimum atomic E-state index is 0.409. The highest BCUT2D eigenvalue weighted by atomic mass is 15.3. The lowest BCUT2D eigenvalue weighted by Gasteiger charge is -2.36. The zero-order valence-corrected chi connectivity index (χ0v) is 13.2. The lowest BCUT2D eigenvalue weighted by molar-refractivity contribution is 0.392. The number of aromatic nitrogens is 3. The molecular weight excluding hydrogens is 274 g/mol. The summed E-state index contributed by atoms with van der Waals surface area (Å²) in [4.78, 5) is 6.83. The Morgan fingerprint density at radius 1 is 1.32 bits per heavy atom. The Morgan fingerprint density at radius 3 is 2.82 bits per heavy atom. The summed E-state index contributed by atoms with van der Waals surface area (Å²) < 4.78 is 2.10. The van der Waals surface area contributed by atoms with E-state index in [4.69, 9.17) is 5.26 Å². The number of pyridine rings is 1. The number of aryl methyl sites for hydroxylation is 2. The molecule has 0 aliphatic carbocycles. The molecule has 2 aromatic rings. The maximum absolute atomic E-state index is 8.90. The standard InChI is InChI=1S/C17H21N5/c1-13-9-14(2)22(20-13)12-16-5-3-4-8-21(16)17-7-6-15(10-18)11-19-17/h6-7,9,11,16H,3-5,8,12H2,1-2H3. The van der Waals surface area contributed by atoms with Crippen molar-refractivity contribution in [3.8, 4) is 6.07 Å². The van der Waals surface area contributed by atoms with Crippen LogP contribution < -0.4 is 4.90 Å². The van der Waals surface area contributed by atoms with Gasteiger partial charge in [0, 0.05) is 18.4 Å². The molecule has 3 rings (SSSR count). The number of hydrogen-bond donors (Lipinski definition) is 0. The molecule has 2 aromatic heterocycles. The third-order valence-corrected chi connectivity index (χ3v) is 4.29. The second-order valence-corrected chi connectivity index (χ2v) is 5.97. The number of rotatable bonds is 3. The molecule has 1 saturated heterocycles. The monoisotopic (exact) mass is 295 g/mol. The highest BCUT2D eigenvalue weighted by molar-refractivity contribution is 5.43. The van der Waals surface area contributed by atoms with Crippen LogP contribution in [0.3, 0.4) is 0 Å². The maximum atomic E-state index is 8.90. The molecule has 1 unspecified atom stereocenters. The Kier molecular flexibility index (Phi) is 4.10. The van der Waals surface area contributed by atoms with Crippen molar-refractivity contribution in [1.29, 1.82) is 5.26 Å². The lowest BCUT2D eigenvalue weighted by atomic mass is 10.0. The topological polar surface area (TPSA) is 57.7 Å². The molecule has 3 heterocycles. The number of nitrogens with zero attached hydrogens (tertiary/aromatic N) is 5. The first-order chi connectivity index (χ1) is 10.7. The largest absolute Gasteiger partial charge is 0.352 e. The van der Waals surface area contributed by atoms with Gasteiger partial charge in [-0.15, -0.1) is 0 Å². The van der Waals surface area contributed by atoms with E-state index in [0.29, 0.717) is 11.6 Å². The Balaban J connectivity index is 1.81. The molecule has 0 spiro atoms. The van der Waals surface area contributed by atoms with Crippen LogP contribution in [0.25, 0.3) is 0 Å². The first kappa shape index (κ1) is 14.6. The fourth-order valence-electron chi connectivity index (χ4n) is 3.17. The molecule has 22 heavy (non-hydrogen) atoms. The predicted molar refractivity (Wildman–Crippen MR) is 85.6 cm³/mol. The highest BCUT2D eigenvalue weighted by Crippen LogP contribution is 2.24. The lowest BCUT2D eigenvalue weighted by Crippen LogP contribution is -2.43. The van der Waals surface area contributed by atoms with Crippen molar-refractivity contribution >= 4 is 5.82 Å². The summed E-state index contributed by atoms with van der Waals surface area (Å²) >= 11 is 0. The van der Waals surface area contributed by atoms with Crippen molar-refractivity contribution in [2.45, 2.75) is 45.7 Å². The molecule has 5 heteroatoms. The molecule has 1 fully saturated rings. The second kappa shape index (κ2) is 6.18. The van der Waals surface area contributed by atoms with Crippen LogP contribution in [0.2, 0.25) is 0 Å². The minimum absolute atomic E-state index is 0.409. The van der Waals surface area contributed by atoms with Gasteiger partial charge in [-0.05, 0) is 51.3 Å². The molecule has 114 valence electrons. The molecular formula is C17H21N5. The predicted octanol–water partition coefficient (Wildman–Crippen LogP) is 2.83. The van der Waals surface area contributed by atoms with Crippen molar-refractivity contribution in [2.24, 2.45) is 0 Å². The molecule has 0 amide bonds. The molecule has 0 aromatic carbocycles. The number of nitriles is 1. The smallest absolute Gasteiger partial charge is 0.128 e. The van der Waals surface area contributed by atoms with E-state index in [-0.39, 0.29) is 0 Å². The third kappa shape index (κ3) is 2.96. The van der Waals surface area contributed by atoms with Crippen LogP contribution in [0.4, 0.5) is 5.82 Å². The van der Waals surface area contributed by atoms with Gasteiger partial charge in [-0.3, -0.25) is 4.68 Å². The van der Waals surface area contributed by atoms with E-state index < -0.39 is 0 Å². The number of piperidine rings is 1. The molecule has 5 nitrogen and oxygen atoms in total. The first-order valence-electron chi connectivity index (χ1n) is 7.81. The van der Waals surface area contributed by atoms with E-state index in [1.54, 1.807) is 6.20 Å². The minimum Gasteiger partial charge on any atom is -0.352 e. The van der Waals surface area contributed by atoms with E-state index in [1.165, 1.54) is 18.5 Å². The molecule has 1 atom stereocenters. The van der Waals surface area contributed by atoms with Crippen molar-refractivity contribution in [3.63, 3.8) is 0 Å². The molecule has 0 saturated carbocycles. The summed E-state index contributed by atoms with van der Waals surface area (Å²) in [5.41, 5.74) is 2.88. The third-order valence-electron chi connectivity index (χ3n) is 4.29. The Hall–Kier alpha value is -2.35. The SMILES string of the molecule is Cc1cc(C)n(CC2CCCCN2c2ccc(C#N)cn2)n1. The Morgan fingerprint density at radius 2 is 2.18 bits per heavy atom. The zero-order valence-electron chi connectivity index (χ0n) is 13.2. The fraction of sp³-hybridized carbons (Fsp3) is 0.471. The Bertz CT molecular complexity index is 680. The van der Waals surface area contributed by atoms with E-state index >= 15 is 0 Å². The van der Waals surface area contributed by atoms with Gasteiger partial charge in [0.05, 0.1) is 23.8 Å². The summed E-state index contributed by atoms with van der Waals surface area (Å²) in [6.07, 6.45) is 5.25. The summed E-state index contributed by atoms with van der Waals surface area (Å²) in [6, 6.07) is 8.45. The van der Waals surface area contributed by atoms with Crippen molar-refractivity contribution in [3.05, 3.63) is 41.3 Å². The normalized spacial score (nSPS) is 18.2. The zero-order chi connectivity index (χ0) is 15.5. The van der Waals surface area contributed by atoms with E-state index in [1.807, 2.05) is 19.1 Å². The van der Waals surface area contributed by atoms with Crippen molar-refractivity contribution in [1.82, 2.24) is 14.8 Å². The van der Waals surface area contributed by atoms with Gasteiger partial charge >= 0.3 is 0 Å². The summed E-state index contributed by atoms with van der Waals surface area (Å²) in [7, 11) is 0. The quantitative estimate of drug-likeness (QED) is 0.873. The van der Waals surface area contributed by atoms with Crippen LogP contribution in [-0.4, -0.2) is 27.4 Å². The van der Waals surface area contributed by atoms with Crippen LogP contribution >= 0.6 is 0 Å². The van der Waals surface area contributed by atoms with Crippen molar-refractivity contribution < 1.29 is 0 Å². The van der Waals surface area contributed by atoms with E-state index in [0.717, 1.165) is 31.0 Å². The van der Waals surface area contributed by atoms with E-state index in [2.05, 4.69) is 38.7 Å². The number of anilines is 1. The summed E-state index contributed by atoms with van der Waals surface area (Å²) in [5.74, 6) is 0.963. The van der Waals surface area contributed by atoms with Gasteiger partial charge in [0.1, 0.15) is 11.9 Å². The van der Waals surface area contributed by atoms with Gasteiger partial charge in [0.15, 0.2) is 0 Å². The molecule has 1 aliphatic rings. The molecule has 1 aliphatic heterocycles. The Labute approximate surface area is 131 Å². The van der Waals surface area contributed by atoms with Crippen LogP contribution in [0, 0.1) is 25.2 Å². The second-order valence-electron chi connectivity index (χ2n) is 5.97. The van der Waals surface area contributed by atoms with Gasteiger partial charge < -0.3 is 4.90 Å². The summed E-state index contributed by atoms with van der Waals surface area (Å²) in [5, 5.41) is 13.5. The highest BCUT2D eigenvalue weighted by Gasteiger charge is 2.24. The average Bonchev–Trinajstić information content (AvgIpc) is 2.86. The van der Waals surface area contributed by atoms with E-state index in [9.17, 15) is 0 Å². The van der Waals surface area contributed by atoms with Gasteiger partial charge in [-0.2, -0.15) is 10.4 Å². The first-order valence-corrected chi connectivity index (χ1v) is 7.81. The average molecular weight is 295 g/mol. The van der Waals surface area contributed by atoms with Gasteiger partial charge in [0.2, 0.25) is 0 Å². The van der Waals surface area contributed by atoms with Gasteiger partial charge in [0.25, 0.3) is 0 Å². The molecule has 0 bridgehead atoms. The number of hydrogen-bond acceptors (Lipinski definition) is 4. The van der Waals surface area contributed by atoms with Crippen molar-refractivity contribution in [2.75, 3.05) is 11.4 Å². The molecule has 0 N–H and O–H groups in total. The van der Waals surface area contributed by atoms with Crippen LogP contribution in [0.1, 0.15) is 36.2 Å². The maximum Gasteiger partial charge on any atom is 0.128 e. The van der Waals surface area contributed by atoms with Crippen LogP contribution in [0.5, 0.6) is 0 Å². The molecule has 0 radical (unpaired) electrons. The van der Waals surface area contributed by atoms with Gasteiger partial charge in [-0.25, -0.2) is 4.98 Å².